The Labute approximate surface area is 101 Å². The number of halogens is 3. The topological polar surface area (TPSA) is 82.3 Å². The zero-order chi connectivity index (χ0) is 13.2. The molecule has 0 aliphatic carbocycles. The molecule has 0 atom stereocenters. The van der Waals surface area contributed by atoms with Crippen LogP contribution in [0.15, 0.2) is 11.3 Å². The first-order valence-corrected chi connectivity index (χ1v) is 5.39. The quantitative estimate of drug-likeness (QED) is 0.515. The van der Waals surface area contributed by atoms with E-state index in [0.717, 1.165) is 19.3 Å². The van der Waals surface area contributed by atoms with E-state index in [4.69, 9.17) is 5.73 Å². The third kappa shape index (κ3) is 2.73. The predicted molar refractivity (Wildman–Crippen MR) is 58.8 cm³/mol. The van der Waals surface area contributed by atoms with E-state index < -0.39 is 11.9 Å². The minimum Gasteiger partial charge on any atom is -0.382 e. The fourth-order valence-electron chi connectivity index (χ4n) is 1.66. The Morgan fingerprint density at radius 2 is 2.06 bits per heavy atom. The summed E-state index contributed by atoms with van der Waals surface area (Å²) < 4.78 is 37.8. The number of aromatic amines is 1. The number of hydrogen-bond acceptors (Lipinski definition) is 4. The van der Waals surface area contributed by atoms with Crippen molar-refractivity contribution in [1.29, 1.82) is 0 Å². The van der Waals surface area contributed by atoms with Crippen molar-refractivity contribution in [2.75, 3.05) is 26.2 Å². The summed E-state index contributed by atoms with van der Waals surface area (Å²) in [5, 5.41) is 14.0. The molecular formula is C9H13F3N6. The van der Waals surface area contributed by atoms with Crippen LogP contribution in [0.5, 0.6) is 0 Å². The van der Waals surface area contributed by atoms with Crippen LogP contribution >= 0.6 is 0 Å². The molecule has 1 saturated heterocycles. The first-order valence-electron chi connectivity index (χ1n) is 5.39. The molecule has 0 radical (unpaired) electrons. The molecule has 1 aromatic heterocycles. The van der Waals surface area contributed by atoms with Crippen molar-refractivity contribution in [3.8, 4) is 0 Å². The van der Waals surface area contributed by atoms with Crippen molar-refractivity contribution in [3.05, 3.63) is 17.5 Å². The van der Waals surface area contributed by atoms with E-state index in [9.17, 15) is 13.2 Å². The minimum atomic E-state index is -4.52. The number of rotatable bonds is 2. The molecule has 0 unspecified atom stereocenters. The van der Waals surface area contributed by atoms with Crippen LogP contribution in [0, 0.1) is 0 Å². The van der Waals surface area contributed by atoms with Crippen LogP contribution in [0.4, 0.5) is 13.2 Å². The van der Waals surface area contributed by atoms with Crippen molar-refractivity contribution in [1.82, 2.24) is 20.5 Å². The number of aromatic nitrogens is 2. The number of nitrogens with two attached hydrogens (primary N) is 1. The molecule has 18 heavy (non-hydrogen) atoms. The van der Waals surface area contributed by atoms with Crippen LogP contribution < -0.4 is 11.1 Å². The van der Waals surface area contributed by atoms with Gasteiger partial charge in [0.1, 0.15) is 0 Å². The van der Waals surface area contributed by atoms with E-state index in [1.54, 1.807) is 5.01 Å². The summed E-state index contributed by atoms with van der Waals surface area (Å²) >= 11 is 0. The Bertz CT molecular complexity index is 432. The van der Waals surface area contributed by atoms with Gasteiger partial charge in [0.15, 0.2) is 11.5 Å². The smallest absolute Gasteiger partial charge is 0.382 e. The molecule has 1 aromatic rings. The molecular weight excluding hydrogens is 249 g/mol. The standard InChI is InChI=1S/C9H13F3N6/c10-9(11,12)7-6(5-15-16-7)8(13)17-18-3-1-14-2-4-18/h5,14H,1-4H2,(H2,13,17)(H,15,16). The van der Waals surface area contributed by atoms with Gasteiger partial charge in [-0.05, 0) is 0 Å². The molecule has 0 aromatic carbocycles. The summed E-state index contributed by atoms with van der Waals surface area (Å²) in [6.07, 6.45) is -3.49. The summed E-state index contributed by atoms with van der Waals surface area (Å²) in [5.74, 6) is -0.182. The van der Waals surface area contributed by atoms with E-state index in [2.05, 4.69) is 15.5 Å². The second kappa shape index (κ2) is 4.84. The molecule has 0 saturated carbocycles. The van der Waals surface area contributed by atoms with E-state index >= 15 is 0 Å². The van der Waals surface area contributed by atoms with E-state index in [-0.39, 0.29) is 11.4 Å². The first-order chi connectivity index (χ1) is 8.48. The summed E-state index contributed by atoms with van der Waals surface area (Å²) in [5.41, 5.74) is 4.40. The highest BCUT2D eigenvalue weighted by Crippen LogP contribution is 2.29. The van der Waals surface area contributed by atoms with Crippen LogP contribution in [-0.4, -0.2) is 47.2 Å². The minimum absolute atomic E-state index is 0.182. The second-order valence-corrected chi connectivity index (χ2v) is 3.85. The van der Waals surface area contributed by atoms with Gasteiger partial charge in [-0.25, -0.2) is 0 Å². The van der Waals surface area contributed by atoms with Gasteiger partial charge in [0.05, 0.1) is 11.8 Å². The van der Waals surface area contributed by atoms with Crippen molar-refractivity contribution in [2.45, 2.75) is 6.18 Å². The van der Waals surface area contributed by atoms with E-state index in [1.165, 1.54) is 0 Å². The number of amidine groups is 1. The Balaban J connectivity index is 2.20. The molecule has 9 heteroatoms. The molecule has 1 fully saturated rings. The molecule has 2 rings (SSSR count). The maximum Gasteiger partial charge on any atom is 0.433 e. The van der Waals surface area contributed by atoms with E-state index in [0.29, 0.717) is 13.1 Å². The van der Waals surface area contributed by atoms with Gasteiger partial charge in [0, 0.05) is 26.2 Å². The van der Waals surface area contributed by atoms with Gasteiger partial charge < -0.3 is 11.1 Å². The highest BCUT2D eigenvalue weighted by molar-refractivity contribution is 5.98. The van der Waals surface area contributed by atoms with Crippen LogP contribution in [0.3, 0.4) is 0 Å². The number of nitrogens with zero attached hydrogens (tertiary/aromatic N) is 3. The Hall–Kier alpha value is -1.77. The fraction of sp³-hybridized carbons (Fsp3) is 0.556. The summed E-state index contributed by atoms with van der Waals surface area (Å²) in [6, 6.07) is 0. The molecule has 1 aliphatic rings. The number of alkyl halides is 3. The van der Waals surface area contributed by atoms with Gasteiger partial charge in [-0.3, -0.25) is 10.1 Å². The lowest BCUT2D eigenvalue weighted by Gasteiger charge is -2.24. The third-order valence-corrected chi connectivity index (χ3v) is 2.54. The summed E-state index contributed by atoms with van der Waals surface area (Å²) in [7, 11) is 0. The van der Waals surface area contributed by atoms with Crippen LogP contribution in [-0.2, 0) is 6.18 Å². The number of H-pyrrole nitrogens is 1. The SMILES string of the molecule is NC(=NN1CCNCC1)c1cn[nH]c1C(F)(F)F. The van der Waals surface area contributed by atoms with E-state index in [1.807, 2.05) is 5.10 Å². The van der Waals surface area contributed by atoms with Gasteiger partial charge in [-0.15, -0.1) is 0 Å². The third-order valence-electron chi connectivity index (χ3n) is 2.54. The monoisotopic (exact) mass is 262 g/mol. The molecule has 0 amide bonds. The van der Waals surface area contributed by atoms with Gasteiger partial charge >= 0.3 is 6.18 Å². The van der Waals surface area contributed by atoms with Gasteiger partial charge in [-0.2, -0.15) is 23.4 Å². The number of hydrogen-bond donors (Lipinski definition) is 3. The number of nitrogens with one attached hydrogen (secondary N) is 2. The van der Waals surface area contributed by atoms with Crippen molar-refractivity contribution in [3.63, 3.8) is 0 Å². The number of piperazine rings is 1. The summed E-state index contributed by atoms with van der Waals surface area (Å²) in [6.45, 7) is 2.68. The molecule has 4 N–H and O–H groups in total. The molecule has 2 heterocycles. The Kier molecular flexibility index (Phi) is 3.41. The van der Waals surface area contributed by atoms with Crippen molar-refractivity contribution >= 4 is 5.84 Å². The van der Waals surface area contributed by atoms with Crippen LogP contribution in [0.2, 0.25) is 0 Å². The predicted octanol–water partition coefficient (Wildman–Crippen LogP) is -0.0460. The molecule has 0 bridgehead atoms. The lowest BCUT2D eigenvalue weighted by molar-refractivity contribution is -0.141. The fourth-order valence-corrected chi connectivity index (χ4v) is 1.66. The van der Waals surface area contributed by atoms with Crippen molar-refractivity contribution < 1.29 is 13.2 Å². The highest BCUT2D eigenvalue weighted by atomic mass is 19.4. The average Bonchev–Trinajstić information content (AvgIpc) is 2.79. The lowest BCUT2D eigenvalue weighted by Crippen LogP contribution is -2.41. The first kappa shape index (κ1) is 12.7. The lowest BCUT2D eigenvalue weighted by atomic mass is 10.2. The Morgan fingerprint density at radius 1 is 1.39 bits per heavy atom. The normalized spacial score (nSPS) is 18.2. The van der Waals surface area contributed by atoms with Gasteiger partial charge in [0.2, 0.25) is 0 Å². The van der Waals surface area contributed by atoms with Gasteiger partial charge in [-0.1, -0.05) is 0 Å². The average molecular weight is 262 g/mol. The molecule has 100 valence electrons. The maximum absolute atomic E-state index is 12.6. The zero-order valence-corrected chi connectivity index (χ0v) is 9.46. The molecule has 6 nitrogen and oxygen atoms in total. The molecule has 1 aliphatic heterocycles. The summed E-state index contributed by atoms with van der Waals surface area (Å²) in [4.78, 5) is 0. The largest absolute Gasteiger partial charge is 0.433 e. The Morgan fingerprint density at radius 3 is 2.67 bits per heavy atom. The van der Waals surface area contributed by atoms with Gasteiger partial charge in [0.25, 0.3) is 0 Å². The number of hydrazone groups is 1. The van der Waals surface area contributed by atoms with Crippen LogP contribution in [0.25, 0.3) is 0 Å². The van der Waals surface area contributed by atoms with Crippen molar-refractivity contribution in [2.24, 2.45) is 10.8 Å². The van der Waals surface area contributed by atoms with Crippen LogP contribution in [0.1, 0.15) is 11.3 Å². The maximum atomic E-state index is 12.6. The second-order valence-electron chi connectivity index (χ2n) is 3.85. The molecule has 0 spiro atoms. The highest BCUT2D eigenvalue weighted by Gasteiger charge is 2.36. The zero-order valence-electron chi connectivity index (χ0n) is 9.46.